The number of hydrogen-bond donors (Lipinski definition) is 1. The summed E-state index contributed by atoms with van der Waals surface area (Å²) in [4.78, 5) is 33.0. The molecule has 130 valence electrons. The van der Waals surface area contributed by atoms with E-state index in [1.54, 1.807) is 24.8 Å². The second kappa shape index (κ2) is 7.70. The molecular weight excluding hydrogens is 336 g/mol. The highest BCUT2D eigenvalue weighted by Crippen LogP contribution is 2.37. The first-order chi connectivity index (χ1) is 12.1. The maximum atomic E-state index is 12.5. The van der Waals surface area contributed by atoms with Gasteiger partial charge in [0.15, 0.2) is 0 Å². The minimum absolute atomic E-state index is 0.000450. The summed E-state index contributed by atoms with van der Waals surface area (Å²) < 4.78 is 4.91. The van der Waals surface area contributed by atoms with Crippen LogP contribution < -0.4 is 5.43 Å². The van der Waals surface area contributed by atoms with E-state index in [0.717, 1.165) is 17.9 Å². The molecule has 1 N–H and O–H groups in total. The summed E-state index contributed by atoms with van der Waals surface area (Å²) in [5, 5.41) is 1.21. The van der Waals surface area contributed by atoms with E-state index in [1.807, 2.05) is 12.1 Å². The minimum Gasteiger partial charge on any atom is -0.462 e. The standard InChI is InChI=1S/C19H20N2O3S/c1-3-12-7-5-6-8-15(12)25-16-10-9-13-17(22)14(19(23)24-4-2)11-20-18(13)21-16/h3,9-11H,1,4-8H2,2H3,(H,20,21,22). The molecule has 25 heavy (non-hydrogen) atoms. The lowest BCUT2D eigenvalue weighted by Gasteiger charge is -2.17. The molecule has 0 fully saturated rings. The van der Waals surface area contributed by atoms with Gasteiger partial charge in [0, 0.05) is 6.20 Å². The number of thioether (sulfide) groups is 1. The summed E-state index contributed by atoms with van der Waals surface area (Å²) in [5.41, 5.74) is 1.39. The van der Waals surface area contributed by atoms with Crippen molar-refractivity contribution in [2.45, 2.75) is 37.6 Å². The van der Waals surface area contributed by atoms with Gasteiger partial charge in [-0.25, -0.2) is 9.78 Å². The number of rotatable bonds is 5. The highest BCUT2D eigenvalue weighted by atomic mass is 32.2. The first-order valence-electron chi connectivity index (χ1n) is 8.36. The zero-order valence-corrected chi connectivity index (χ0v) is 14.9. The third kappa shape index (κ3) is 3.69. The number of esters is 1. The summed E-state index contributed by atoms with van der Waals surface area (Å²) in [7, 11) is 0. The van der Waals surface area contributed by atoms with Crippen molar-refractivity contribution in [1.29, 1.82) is 0 Å². The van der Waals surface area contributed by atoms with Crippen LogP contribution in [0.1, 0.15) is 43.0 Å². The van der Waals surface area contributed by atoms with Crippen molar-refractivity contribution < 1.29 is 9.53 Å². The average Bonchev–Trinajstić information content (AvgIpc) is 2.62. The number of carbonyl (C=O) groups is 1. The number of hydrogen-bond acceptors (Lipinski definition) is 5. The topological polar surface area (TPSA) is 72.1 Å². The van der Waals surface area contributed by atoms with Gasteiger partial charge in [0.1, 0.15) is 16.2 Å². The van der Waals surface area contributed by atoms with E-state index in [-0.39, 0.29) is 17.6 Å². The number of H-pyrrole nitrogens is 1. The van der Waals surface area contributed by atoms with Crippen LogP contribution >= 0.6 is 11.8 Å². The van der Waals surface area contributed by atoms with E-state index in [2.05, 4.69) is 16.5 Å². The molecule has 0 atom stereocenters. The molecule has 2 aromatic heterocycles. The van der Waals surface area contributed by atoms with Crippen LogP contribution in [0.2, 0.25) is 0 Å². The van der Waals surface area contributed by atoms with Crippen molar-refractivity contribution >= 4 is 28.8 Å². The van der Waals surface area contributed by atoms with Crippen LogP contribution in [0, 0.1) is 0 Å². The molecule has 0 aromatic carbocycles. The third-order valence-electron chi connectivity index (χ3n) is 4.14. The second-order valence-corrected chi connectivity index (χ2v) is 6.87. The van der Waals surface area contributed by atoms with E-state index in [9.17, 15) is 9.59 Å². The van der Waals surface area contributed by atoms with Gasteiger partial charge in [-0.05, 0) is 55.2 Å². The van der Waals surface area contributed by atoms with Crippen LogP contribution in [0.15, 0.2) is 51.3 Å². The average molecular weight is 356 g/mol. The van der Waals surface area contributed by atoms with E-state index in [4.69, 9.17) is 4.74 Å². The molecule has 0 unspecified atom stereocenters. The Kier molecular flexibility index (Phi) is 5.38. The molecule has 0 aliphatic heterocycles. The first-order valence-corrected chi connectivity index (χ1v) is 9.17. The third-order valence-corrected chi connectivity index (χ3v) is 5.29. The molecule has 5 nitrogen and oxygen atoms in total. The predicted octanol–water partition coefficient (Wildman–Crippen LogP) is 4.21. The molecule has 0 spiro atoms. The number of allylic oxidation sites excluding steroid dienone is 3. The molecule has 6 heteroatoms. The van der Waals surface area contributed by atoms with E-state index < -0.39 is 5.97 Å². The lowest BCUT2D eigenvalue weighted by atomic mass is 10.00. The number of aromatic nitrogens is 2. The Balaban J connectivity index is 1.95. The second-order valence-electron chi connectivity index (χ2n) is 5.76. The van der Waals surface area contributed by atoms with Crippen LogP contribution in [0.25, 0.3) is 11.0 Å². The Hall–Kier alpha value is -2.34. The van der Waals surface area contributed by atoms with Gasteiger partial charge >= 0.3 is 5.97 Å². The van der Waals surface area contributed by atoms with Gasteiger partial charge in [-0.2, -0.15) is 0 Å². The number of pyridine rings is 2. The molecule has 2 aromatic rings. The van der Waals surface area contributed by atoms with Crippen LogP contribution in [0.4, 0.5) is 0 Å². The molecule has 1 aliphatic carbocycles. The smallest absolute Gasteiger partial charge is 0.343 e. The lowest BCUT2D eigenvalue weighted by Crippen LogP contribution is -2.18. The number of aromatic amines is 1. The fraction of sp³-hybridized carbons (Fsp3) is 0.316. The van der Waals surface area contributed by atoms with Gasteiger partial charge in [-0.1, -0.05) is 24.4 Å². The summed E-state index contributed by atoms with van der Waals surface area (Å²) in [6, 6.07) is 3.53. The number of nitrogens with one attached hydrogen (secondary N) is 1. The summed E-state index contributed by atoms with van der Waals surface area (Å²) >= 11 is 1.62. The molecule has 1 aliphatic rings. The zero-order valence-electron chi connectivity index (χ0n) is 14.1. The molecule has 0 radical (unpaired) electrons. The van der Waals surface area contributed by atoms with Gasteiger partial charge in [-0.15, -0.1) is 0 Å². The van der Waals surface area contributed by atoms with Gasteiger partial charge in [-0.3, -0.25) is 4.79 Å². The maximum absolute atomic E-state index is 12.5. The quantitative estimate of drug-likeness (QED) is 0.813. The first kappa shape index (κ1) is 17.5. The van der Waals surface area contributed by atoms with E-state index >= 15 is 0 Å². The number of ether oxygens (including phenoxy) is 1. The van der Waals surface area contributed by atoms with Crippen LogP contribution in [-0.2, 0) is 4.74 Å². The number of carbonyl (C=O) groups excluding carboxylic acids is 1. The Bertz CT molecular complexity index is 915. The molecular formula is C19H20N2O3S. The van der Waals surface area contributed by atoms with Gasteiger partial charge < -0.3 is 9.72 Å². The normalized spacial score (nSPS) is 14.6. The maximum Gasteiger partial charge on any atom is 0.343 e. The van der Waals surface area contributed by atoms with Crippen LogP contribution in [-0.4, -0.2) is 22.5 Å². The fourth-order valence-electron chi connectivity index (χ4n) is 2.86. The number of nitrogens with zero attached hydrogens (tertiary/aromatic N) is 1. The molecule has 0 bridgehead atoms. The Morgan fingerprint density at radius 2 is 2.20 bits per heavy atom. The lowest BCUT2D eigenvalue weighted by molar-refractivity contribution is 0.0524. The highest BCUT2D eigenvalue weighted by Gasteiger charge is 2.16. The van der Waals surface area contributed by atoms with Gasteiger partial charge in [0.05, 0.1) is 12.0 Å². The van der Waals surface area contributed by atoms with E-state index in [1.165, 1.54) is 29.5 Å². The summed E-state index contributed by atoms with van der Waals surface area (Å²) in [6.07, 6.45) is 7.76. The summed E-state index contributed by atoms with van der Waals surface area (Å²) in [6.45, 7) is 5.83. The number of fused-ring (bicyclic) bond motifs is 1. The van der Waals surface area contributed by atoms with Crippen LogP contribution in [0.5, 0.6) is 0 Å². The zero-order chi connectivity index (χ0) is 17.8. The van der Waals surface area contributed by atoms with Crippen LogP contribution in [0.3, 0.4) is 0 Å². The van der Waals surface area contributed by atoms with Crippen molar-refractivity contribution in [1.82, 2.24) is 9.97 Å². The van der Waals surface area contributed by atoms with Crippen molar-refractivity contribution in [2.75, 3.05) is 6.61 Å². The largest absolute Gasteiger partial charge is 0.462 e. The monoisotopic (exact) mass is 356 g/mol. The van der Waals surface area contributed by atoms with Gasteiger partial charge in [0.25, 0.3) is 0 Å². The van der Waals surface area contributed by atoms with Gasteiger partial charge in [0.2, 0.25) is 5.43 Å². The Labute approximate surface area is 150 Å². The molecule has 3 rings (SSSR count). The van der Waals surface area contributed by atoms with Crippen molar-refractivity contribution in [2.24, 2.45) is 0 Å². The molecule has 0 amide bonds. The predicted molar refractivity (Wildman–Crippen MR) is 99.9 cm³/mol. The van der Waals surface area contributed by atoms with E-state index in [0.29, 0.717) is 11.0 Å². The minimum atomic E-state index is -0.618. The highest BCUT2D eigenvalue weighted by molar-refractivity contribution is 8.03. The van der Waals surface area contributed by atoms with Crippen molar-refractivity contribution in [3.63, 3.8) is 0 Å². The fourth-order valence-corrected chi connectivity index (χ4v) is 3.95. The summed E-state index contributed by atoms with van der Waals surface area (Å²) in [5.74, 6) is -0.618. The van der Waals surface area contributed by atoms with Crippen molar-refractivity contribution in [3.8, 4) is 0 Å². The molecule has 0 saturated heterocycles. The van der Waals surface area contributed by atoms with Crippen molar-refractivity contribution in [3.05, 3.63) is 57.2 Å². The Morgan fingerprint density at radius 1 is 1.40 bits per heavy atom. The SMILES string of the molecule is C=CC1=C(Sc2ccc3c(=O)c(C(=O)OCC)c[nH]c3n2)CCCC1. The molecule has 2 heterocycles. The molecule has 0 saturated carbocycles. The Morgan fingerprint density at radius 3 is 2.96 bits per heavy atom.